The first-order chi connectivity index (χ1) is 8.27. The van der Waals surface area contributed by atoms with Crippen molar-refractivity contribution >= 4 is 5.97 Å². The third-order valence-corrected chi connectivity index (χ3v) is 2.16. The third-order valence-electron chi connectivity index (χ3n) is 2.16. The van der Waals surface area contributed by atoms with E-state index >= 15 is 0 Å². The minimum Gasteiger partial charge on any atom is -0.478 e. The van der Waals surface area contributed by atoms with Crippen molar-refractivity contribution in [2.75, 3.05) is 0 Å². The lowest BCUT2D eigenvalue weighted by molar-refractivity contribution is 0.0696. The van der Waals surface area contributed by atoms with Crippen LogP contribution < -0.4 is 0 Å². The van der Waals surface area contributed by atoms with Crippen LogP contribution in [0.3, 0.4) is 0 Å². The average molecular weight is 223 g/mol. The number of carbonyl (C=O) groups is 1. The first kappa shape index (κ1) is 10.9. The fourth-order valence-electron chi connectivity index (χ4n) is 1.35. The predicted molar refractivity (Wildman–Crippen MR) is 63.6 cm³/mol. The molecule has 17 heavy (non-hydrogen) atoms. The summed E-state index contributed by atoms with van der Waals surface area (Å²) in [6.07, 6.45) is 3.30. The standard InChI is InChI=1S/C14H9NO2/c16-14(17)13-6-2-1-5-12(13)8-7-11-4-3-9-15-10-11/h1-6,9-10H,(H,16,17). The zero-order valence-electron chi connectivity index (χ0n) is 8.92. The molecule has 0 fully saturated rings. The second-order valence-electron chi connectivity index (χ2n) is 3.34. The molecular formula is C14H9NO2. The topological polar surface area (TPSA) is 50.2 Å². The number of nitrogens with zero attached hydrogens (tertiary/aromatic N) is 1. The van der Waals surface area contributed by atoms with E-state index in [2.05, 4.69) is 16.8 Å². The van der Waals surface area contributed by atoms with E-state index in [4.69, 9.17) is 5.11 Å². The smallest absolute Gasteiger partial charge is 0.336 e. The van der Waals surface area contributed by atoms with Crippen LogP contribution in [0, 0.1) is 11.8 Å². The van der Waals surface area contributed by atoms with Gasteiger partial charge in [-0.05, 0) is 24.3 Å². The molecule has 0 unspecified atom stereocenters. The molecule has 1 N–H and O–H groups in total. The zero-order chi connectivity index (χ0) is 12.1. The van der Waals surface area contributed by atoms with Crippen molar-refractivity contribution in [3.05, 3.63) is 65.5 Å². The van der Waals surface area contributed by atoms with Crippen LogP contribution in [0.25, 0.3) is 0 Å². The minimum atomic E-state index is -0.971. The summed E-state index contributed by atoms with van der Waals surface area (Å²) >= 11 is 0. The van der Waals surface area contributed by atoms with E-state index in [1.54, 1.807) is 36.7 Å². The van der Waals surface area contributed by atoms with Crippen LogP contribution in [0.15, 0.2) is 48.8 Å². The fraction of sp³-hybridized carbons (Fsp3) is 0. The fourth-order valence-corrected chi connectivity index (χ4v) is 1.35. The van der Waals surface area contributed by atoms with E-state index in [0.717, 1.165) is 5.56 Å². The summed E-state index contributed by atoms with van der Waals surface area (Å²) in [5, 5.41) is 8.98. The molecule has 0 saturated carbocycles. The van der Waals surface area contributed by atoms with Crippen molar-refractivity contribution in [3.63, 3.8) is 0 Å². The lowest BCUT2D eigenvalue weighted by atomic mass is 10.1. The Morgan fingerprint density at radius 3 is 2.65 bits per heavy atom. The van der Waals surface area contributed by atoms with Gasteiger partial charge < -0.3 is 5.11 Å². The highest BCUT2D eigenvalue weighted by Crippen LogP contribution is 2.07. The van der Waals surface area contributed by atoms with Crippen LogP contribution in [0.5, 0.6) is 0 Å². The van der Waals surface area contributed by atoms with Gasteiger partial charge in [-0.3, -0.25) is 4.98 Å². The molecule has 0 amide bonds. The second kappa shape index (κ2) is 4.95. The van der Waals surface area contributed by atoms with E-state index in [0.29, 0.717) is 5.56 Å². The first-order valence-electron chi connectivity index (χ1n) is 5.02. The van der Waals surface area contributed by atoms with Gasteiger partial charge in [-0.25, -0.2) is 4.79 Å². The summed E-state index contributed by atoms with van der Waals surface area (Å²) in [6.45, 7) is 0. The highest BCUT2D eigenvalue weighted by Gasteiger charge is 2.05. The number of hydrogen-bond donors (Lipinski definition) is 1. The second-order valence-corrected chi connectivity index (χ2v) is 3.34. The Hall–Kier alpha value is -2.60. The van der Waals surface area contributed by atoms with Gasteiger partial charge in [0.05, 0.1) is 5.56 Å². The van der Waals surface area contributed by atoms with Crippen molar-refractivity contribution in [1.82, 2.24) is 4.98 Å². The van der Waals surface area contributed by atoms with Gasteiger partial charge in [0.1, 0.15) is 0 Å². The van der Waals surface area contributed by atoms with Crippen LogP contribution in [-0.4, -0.2) is 16.1 Å². The number of benzene rings is 1. The molecule has 1 aromatic carbocycles. The highest BCUT2D eigenvalue weighted by molar-refractivity contribution is 5.90. The molecule has 0 spiro atoms. The molecule has 0 bridgehead atoms. The lowest BCUT2D eigenvalue weighted by Gasteiger charge is -1.96. The molecule has 0 radical (unpaired) electrons. The number of carboxylic acid groups (broad SMARTS) is 1. The van der Waals surface area contributed by atoms with Crippen molar-refractivity contribution < 1.29 is 9.90 Å². The molecule has 3 nitrogen and oxygen atoms in total. The SMILES string of the molecule is O=C(O)c1ccccc1C#Cc1cccnc1. The van der Waals surface area contributed by atoms with Crippen molar-refractivity contribution in [3.8, 4) is 11.8 Å². The number of rotatable bonds is 1. The third kappa shape index (κ3) is 2.70. The van der Waals surface area contributed by atoms with Gasteiger partial charge in [-0.1, -0.05) is 24.0 Å². The zero-order valence-corrected chi connectivity index (χ0v) is 8.92. The van der Waals surface area contributed by atoms with E-state index in [1.165, 1.54) is 6.07 Å². The Labute approximate surface area is 98.8 Å². The molecule has 82 valence electrons. The average Bonchev–Trinajstić information content (AvgIpc) is 2.38. The lowest BCUT2D eigenvalue weighted by Crippen LogP contribution is -1.99. The van der Waals surface area contributed by atoms with Crippen LogP contribution in [0.4, 0.5) is 0 Å². The van der Waals surface area contributed by atoms with E-state index in [1.807, 2.05) is 6.07 Å². The Kier molecular flexibility index (Phi) is 3.18. The Balaban J connectivity index is 2.38. The van der Waals surface area contributed by atoms with Gasteiger partial charge in [0.25, 0.3) is 0 Å². The van der Waals surface area contributed by atoms with E-state index < -0.39 is 5.97 Å². The van der Waals surface area contributed by atoms with Crippen LogP contribution in [0.2, 0.25) is 0 Å². The van der Waals surface area contributed by atoms with Crippen LogP contribution >= 0.6 is 0 Å². The molecule has 0 saturated heterocycles. The molecule has 1 aromatic heterocycles. The molecular weight excluding hydrogens is 214 g/mol. The number of aromatic carboxylic acids is 1. The van der Waals surface area contributed by atoms with Gasteiger partial charge in [0.15, 0.2) is 0 Å². The van der Waals surface area contributed by atoms with Gasteiger partial charge in [-0.2, -0.15) is 0 Å². The van der Waals surface area contributed by atoms with Crippen molar-refractivity contribution in [1.29, 1.82) is 0 Å². The van der Waals surface area contributed by atoms with Gasteiger partial charge >= 0.3 is 5.97 Å². The monoisotopic (exact) mass is 223 g/mol. The Bertz CT molecular complexity index is 594. The number of carboxylic acids is 1. The maximum atomic E-state index is 11.0. The van der Waals surface area contributed by atoms with Crippen LogP contribution in [0.1, 0.15) is 21.5 Å². The molecule has 0 atom stereocenters. The molecule has 2 rings (SSSR count). The quantitative estimate of drug-likeness (QED) is 0.754. The van der Waals surface area contributed by atoms with Crippen molar-refractivity contribution in [2.45, 2.75) is 0 Å². The summed E-state index contributed by atoms with van der Waals surface area (Å²) in [7, 11) is 0. The largest absolute Gasteiger partial charge is 0.478 e. The first-order valence-corrected chi connectivity index (χ1v) is 5.02. The molecule has 0 aliphatic rings. The van der Waals surface area contributed by atoms with Gasteiger partial charge in [0.2, 0.25) is 0 Å². The van der Waals surface area contributed by atoms with Gasteiger partial charge in [-0.15, -0.1) is 0 Å². The van der Waals surface area contributed by atoms with Gasteiger partial charge in [0, 0.05) is 23.5 Å². The Morgan fingerprint density at radius 1 is 1.12 bits per heavy atom. The van der Waals surface area contributed by atoms with Crippen LogP contribution in [-0.2, 0) is 0 Å². The maximum Gasteiger partial charge on any atom is 0.336 e. The number of aromatic nitrogens is 1. The van der Waals surface area contributed by atoms with Crippen molar-refractivity contribution in [2.24, 2.45) is 0 Å². The highest BCUT2D eigenvalue weighted by atomic mass is 16.4. The Morgan fingerprint density at radius 2 is 1.94 bits per heavy atom. The molecule has 0 aliphatic heterocycles. The molecule has 3 heteroatoms. The van der Waals surface area contributed by atoms with E-state index in [-0.39, 0.29) is 5.56 Å². The summed E-state index contributed by atoms with van der Waals surface area (Å²) in [4.78, 5) is 14.9. The number of pyridine rings is 1. The molecule has 2 aromatic rings. The summed E-state index contributed by atoms with van der Waals surface area (Å²) < 4.78 is 0. The minimum absolute atomic E-state index is 0.212. The summed E-state index contributed by atoms with van der Waals surface area (Å²) in [5.41, 5.74) is 1.47. The predicted octanol–water partition coefficient (Wildman–Crippen LogP) is 2.18. The summed E-state index contributed by atoms with van der Waals surface area (Å²) in [5.74, 6) is 4.75. The number of hydrogen-bond acceptors (Lipinski definition) is 2. The molecule has 1 heterocycles. The summed E-state index contributed by atoms with van der Waals surface area (Å²) in [6, 6.07) is 10.3. The maximum absolute atomic E-state index is 11.0. The van der Waals surface area contributed by atoms with E-state index in [9.17, 15) is 4.79 Å². The molecule has 0 aliphatic carbocycles. The normalized spacial score (nSPS) is 9.18.